The maximum absolute atomic E-state index is 5.64. The molecule has 3 aromatic heterocycles. The van der Waals surface area contributed by atoms with Crippen LogP contribution in [0.5, 0.6) is 0 Å². The molecular weight excluding hydrogens is 420 g/mol. The van der Waals surface area contributed by atoms with Gasteiger partial charge in [-0.2, -0.15) is 5.10 Å². The number of ether oxygens (including phenoxy) is 2. The van der Waals surface area contributed by atoms with E-state index in [1.54, 1.807) is 20.4 Å². The van der Waals surface area contributed by atoms with Crippen LogP contribution in [-0.4, -0.2) is 54.6 Å². The lowest BCUT2D eigenvalue weighted by molar-refractivity contribution is -0.222. The molecule has 0 amide bonds. The van der Waals surface area contributed by atoms with Crippen LogP contribution in [0, 0.1) is 0 Å². The van der Waals surface area contributed by atoms with E-state index in [4.69, 9.17) is 19.6 Å². The van der Waals surface area contributed by atoms with Crippen molar-refractivity contribution in [3.05, 3.63) is 59.9 Å². The van der Waals surface area contributed by atoms with Gasteiger partial charge in [0.15, 0.2) is 5.82 Å². The van der Waals surface area contributed by atoms with Crippen LogP contribution in [0.4, 0.5) is 0 Å². The third-order valence-corrected chi connectivity index (χ3v) is 5.70. The summed E-state index contributed by atoms with van der Waals surface area (Å²) < 4.78 is 13.2. The number of tetrazole rings is 1. The van der Waals surface area contributed by atoms with Gasteiger partial charge in [0.05, 0.1) is 0 Å². The summed E-state index contributed by atoms with van der Waals surface area (Å²) in [7, 11) is 3.24. The zero-order valence-corrected chi connectivity index (χ0v) is 19.3. The first-order valence-corrected chi connectivity index (χ1v) is 11.0. The van der Waals surface area contributed by atoms with Crippen molar-refractivity contribution in [2.24, 2.45) is 0 Å². The van der Waals surface area contributed by atoms with Gasteiger partial charge in [-0.15, -0.1) is 5.10 Å². The summed E-state index contributed by atoms with van der Waals surface area (Å²) in [5.41, 5.74) is 3.99. The van der Waals surface area contributed by atoms with E-state index in [2.05, 4.69) is 56.8 Å². The quantitative estimate of drug-likeness (QED) is 0.367. The Balaban J connectivity index is 1.62. The number of nitrogens with zero attached hydrogens (tertiary/aromatic N) is 7. The van der Waals surface area contributed by atoms with Crippen LogP contribution >= 0.6 is 0 Å². The van der Waals surface area contributed by atoms with E-state index in [0.29, 0.717) is 24.5 Å². The van der Waals surface area contributed by atoms with Gasteiger partial charge in [-0.3, -0.25) is 4.98 Å². The smallest absolute Gasteiger partial charge is 0.231 e. The number of methoxy groups -OCH3 is 2. The predicted molar refractivity (Wildman–Crippen MR) is 122 cm³/mol. The zero-order valence-electron chi connectivity index (χ0n) is 19.3. The van der Waals surface area contributed by atoms with E-state index in [-0.39, 0.29) is 0 Å². The van der Waals surface area contributed by atoms with Crippen LogP contribution in [0.2, 0.25) is 0 Å². The first-order valence-electron chi connectivity index (χ1n) is 11.0. The summed E-state index contributed by atoms with van der Waals surface area (Å²) >= 11 is 0. The lowest BCUT2D eigenvalue weighted by atomic mass is 9.99. The van der Waals surface area contributed by atoms with Gasteiger partial charge >= 0.3 is 0 Å². The summed E-state index contributed by atoms with van der Waals surface area (Å²) in [6.07, 6.45) is 5.75. The number of benzene rings is 1. The molecule has 0 aliphatic heterocycles. The number of hydrogen-bond acceptors (Lipinski definition) is 8. The van der Waals surface area contributed by atoms with Gasteiger partial charge in [-0.05, 0) is 34.0 Å². The van der Waals surface area contributed by atoms with Crippen LogP contribution < -0.4 is 0 Å². The Bertz CT molecular complexity index is 1160. The second-order valence-corrected chi connectivity index (χ2v) is 7.63. The number of pyridine rings is 1. The topological polar surface area (TPSA) is 117 Å². The van der Waals surface area contributed by atoms with Crippen molar-refractivity contribution < 1.29 is 9.47 Å². The van der Waals surface area contributed by atoms with Crippen molar-refractivity contribution >= 4 is 0 Å². The number of hydrogen-bond donors (Lipinski definition) is 1. The van der Waals surface area contributed by atoms with E-state index < -0.39 is 5.79 Å². The molecule has 1 aromatic carbocycles. The van der Waals surface area contributed by atoms with E-state index in [1.165, 1.54) is 0 Å². The summed E-state index contributed by atoms with van der Waals surface area (Å²) in [4.78, 5) is 9.08. The van der Waals surface area contributed by atoms with Gasteiger partial charge in [0.1, 0.15) is 5.82 Å². The van der Waals surface area contributed by atoms with Crippen molar-refractivity contribution in [1.82, 2.24) is 40.4 Å². The minimum Gasteiger partial charge on any atom is -0.347 e. The fourth-order valence-corrected chi connectivity index (χ4v) is 3.86. The minimum absolute atomic E-state index is 0.552. The van der Waals surface area contributed by atoms with Gasteiger partial charge in [-0.1, -0.05) is 38.1 Å². The minimum atomic E-state index is -0.941. The lowest BCUT2D eigenvalue weighted by Gasteiger charge is -2.26. The zero-order chi connectivity index (χ0) is 23.3. The fourth-order valence-electron chi connectivity index (χ4n) is 3.86. The van der Waals surface area contributed by atoms with Gasteiger partial charge in [0.2, 0.25) is 11.6 Å². The highest BCUT2D eigenvalue weighted by atomic mass is 16.7. The predicted octanol–water partition coefficient (Wildman–Crippen LogP) is 3.38. The van der Waals surface area contributed by atoms with E-state index in [9.17, 15) is 0 Å². The molecule has 0 aliphatic rings. The van der Waals surface area contributed by atoms with Gasteiger partial charge < -0.3 is 9.47 Å². The van der Waals surface area contributed by atoms with Gasteiger partial charge in [0, 0.05) is 57.1 Å². The average molecular weight is 449 g/mol. The van der Waals surface area contributed by atoms with E-state index in [0.717, 1.165) is 41.0 Å². The number of rotatable bonds is 10. The van der Waals surface area contributed by atoms with Gasteiger partial charge in [0.25, 0.3) is 0 Å². The first-order chi connectivity index (χ1) is 16.1. The maximum atomic E-state index is 5.64. The molecule has 0 saturated carbocycles. The molecular formula is C23H28N8O2. The summed E-state index contributed by atoms with van der Waals surface area (Å²) in [5, 5.41) is 18.9. The van der Waals surface area contributed by atoms with Crippen LogP contribution in [0.15, 0.2) is 42.7 Å². The Kier molecular flexibility index (Phi) is 6.85. The molecule has 0 bridgehead atoms. The third-order valence-electron chi connectivity index (χ3n) is 5.70. The summed E-state index contributed by atoms with van der Waals surface area (Å²) in [6, 6.07) is 10.2. The van der Waals surface area contributed by atoms with Crippen molar-refractivity contribution in [2.45, 2.75) is 45.4 Å². The van der Waals surface area contributed by atoms with Gasteiger partial charge in [-0.25, -0.2) is 14.8 Å². The normalized spacial score (nSPS) is 11.8. The van der Waals surface area contributed by atoms with E-state index in [1.807, 2.05) is 23.9 Å². The van der Waals surface area contributed by atoms with Crippen molar-refractivity contribution in [3.63, 3.8) is 0 Å². The second-order valence-electron chi connectivity index (χ2n) is 7.63. The first kappa shape index (κ1) is 22.7. The SMILES string of the molecule is CCCn1nc(C(CC)(OC)OC)nc1Cc1ccc(-c2cnccc2-c2nnn[nH]2)cc1. The number of aryl methyl sites for hydroxylation is 1. The highest BCUT2D eigenvalue weighted by Gasteiger charge is 2.35. The highest BCUT2D eigenvalue weighted by Crippen LogP contribution is 2.30. The fraction of sp³-hybridized carbons (Fsp3) is 0.391. The molecule has 0 unspecified atom stereocenters. The number of nitrogens with one attached hydrogen (secondary N) is 1. The Hall–Kier alpha value is -3.50. The molecule has 33 heavy (non-hydrogen) atoms. The Morgan fingerprint density at radius 3 is 2.45 bits per heavy atom. The number of aromatic nitrogens is 8. The third kappa shape index (κ3) is 4.53. The molecule has 0 radical (unpaired) electrons. The Labute approximate surface area is 192 Å². The van der Waals surface area contributed by atoms with Crippen LogP contribution in [0.25, 0.3) is 22.5 Å². The van der Waals surface area contributed by atoms with Crippen LogP contribution in [-0.2, 0) is 28.2 Å². The highest BCUT2D eigenvalue weighted by molar-refractivity contribution is 5.79. The molecule has 0 aliphatic carbocycles. The summed E-state index contributed by atoms with van der Waals surface area (Å²) in [6.45, 7) is 4.89. The largest absolute Gasteiger partial charge is 0.347 e. The van der Waals surface area contributed by atoms with Crippen LogP contribution in [0.3, 0.4) is 0 Å². The number of H-pyrrole nitrogens is 1. The maximum Gasteiger partial charge on any atom is 0.231 e. The molecule has 0 fully saturated rings. The molecule has 4 rings (SSSR count). The van der Waals surface area contributed by atoms with E-state index >= 15 is 0 Å². The standard InChI is InChI=1S/C23H28N8O2/c1-5-13-31-20(25-22(28-31)23(6-2,32-3)33-4)14-16-7-9-17(10-8-16)19-15-24-12-11-18(19)21-26-29-30-27-21/h7-12,15H,5-6,13-14H2,1-4H3,(H,26,27,29,30). The molecule has 1 N–H and O–H groups in total. The lowest BCUT2D eigenvalue weighted by Crippen LogP contribution is -2.31. The molecule has 0 spiro atoms. The molecule has 3 heterocycles. The molecule has 10 heteroatoms. The van der Waals surface area contributed by atoms with Crippen molar-refractivity contribution in [3.8, 4) is 22.5 Å². The molecule has 172 valence electrons. The van der Waals surface area contributed by atoms with Crippen molar-refractivity contribution in [1.29, 1.82) is 0 Å². The molecule has 4 aromatic rings. The molecule has 10 nitrogen and oxygen atoms in total. The number of aromatic amines is 1. The molecule has 0 atom stereocenters. The second kappa shape index (κ2) is 9.97. The van der Waals surface area contributed by atoms with Crippen molar-refractivity contribution in [2.75, 3.05) is 14.2 Å². The Morgan fingerprint density at radius 2 is 1.82 bits per heavy atom. The monoisotopic (exact) mass is 448 g/mol. The van der Waals surface area contributed by atoms with Crippen LogP contribution in [0.1, 0.15) is 43.9 Å². The molecule has 0 saturated heterocycles. The average Bonchev–Trinajstić information content (AvgIpc) is 3.53. The summed E-state index contributed by atoms with van der Waals surface area (Å²) in [5.74, 6) is 1.09. The Morgan fingerprint density at radius 1 is 1.03 bits per heavy atom.